The van der Waals surface area contributed by atoms with Gasteiger partial charge in [-0.25, -0.2) is 0 Å². The molecule has 2 atom stereocenters. The molecule has 4 aliphatic rings. The highest BCUT2D eigenvalue weighted by Crippen LogP contribution is 2.52. The van der Waals surface area contributed by atoms with Crippen molar-refractivity contribution >= 4 is 0 Å². The zero-order valence-corrected chi connectivity index (χ0v) is 40.8. The van der Waals surface area contributed by atoms with E-state index in [4.69, 9.17) is 38.1 Å². The summed E-state index contributed by atoms with van der Waals surface area (Å²) in [6, 6.07) is 20.9. The molecule has 4 heterocycles. The number of unbranched alkanes of at least 4 members (excludes halogenated alkanes) is 3. The zero-order valence-electron chi connectivity index (χ0n) is 40.8. The highest BCUT2D eigenvalue weighted by atomic mass is 16.7. The third-order valence-electron chi connectivity index (χ3n) is 14.3. The Morgan fingerprint density at radius 2 is 0.790 bits per heavy atom. The molecule has 2 aromatic rings. The minimum Gasteiger partial charge on any atom is -0.381 e. The van der Waals surface area contributed by atoms with Crippen molar-refractivity contribution in [3.05, 3.63) is 71.8 Å². The Kier molecular flexibility index (Phi) is 15.9. The second-order valence-corrected chi connectivity index (χ2v) is 22.1. The van der Waals surface area contributed by atoms with Gasteiger partial charge in [0.2, 0.25) is 0 Å². The Morgan fingerprint density at radius 1 is 0.484 bits per heavy atom. The van der Waals surface area contributed by atoms with Crippen LogP contribution in [0.4, 0.5) is 0 Å². The molecule has 0 bridgehead atoms. The van der Waals surface area contributed by atoms with Crippen molar-refractivity contribution < 1.29 is 38.1 Å². The fourth-order valence-corrected chi connectivity index (χ4v) is 11.0. The molecule has 350 valence electrons. The Bertz CT molecular complexity index is 1500. The van der Waals surface area contributed by atoms with Gasteiger partial charge in [-0.3, -0.25) is 9.68 Å². The standard InChI is InChI=1S/C52H84N2O8/c1-13-49(37-57-51(58-38-49)31-45(5,6)53(46(7,8)32-51)61-41(3)43-25-19-17-20-26-43)35-55-29-23-15-16-24-30-56-36-50(14-2)39-59-52(60-40-50)33-47(9,10)54(48(11,12)34-52)62-42(4)44-27-21-18-22-28-44/h17-22,25-28,41-42H,13-16,23-24,29-40H2,1-12H3. The van der Waals surface area contributed by atoms with E-state index in [1.165, 1.54) is 11.1 Å². The SMILES string of the molecule is CCC1(COCCCCCCOCC2(CC)COC3(CC(C)(C)N(OC(C)c4ccccc4)C(C)(C)C3)OC2)COC2(CC(C)(C)N(OC(C)c3ccccc3)C(C)(C)C2)OC1. The van der Waals surface area contributed by atoms with Gasteiger partial charge in [0.05, 0.1) is 39.6 Å². The van der Waals surface area contributed by atoms with Crippen molar-refractivity contribution in [2.75, 3.05) is 52.9 Å². The largest absolute Gasteiger partial charge is 0.381 e. The average molecular weight is 865 g/mol. The Balaban J connectivity index is 0.862. The van der Waals surface area contributed by atoms with E-state index in [0.717, 1.165) is 77.4 Å². The van der Waals surface area contributed by atoms with Crippen molar-refractivity contribution in [1.29, 1.82) is 0 Å². The van der Waals surface area contributed by atoms with Crippen LogP contribution in [0.2, 0.25) is 0 Å². The van der Waals surface area contributed by atoms with Gasteiger partial charge >= 0.3 is 0 Å². The summed E-state index contributed by atoms with van der Waals surface area (Å²) in [5.74, 6) is -1.27. The summed E-state index contributed by atoms with van der Waals surface area (Å²) in [6.45, 7) is 32.0. The number of hydroxylamine groups is 4. The molecule has 10 nitrogen and oxygen atoms in total. The average Bonchev–Trinajstić information content (AvgIpc) is 3.23. The van der Waals surface area contributed by atoms with Crippen LogP contribution in [0.15, 0.2) is 60.7 Å². The maximum atomic E-state index is 6.77. The first-order valence-electron chi connectivity index (χ1n) is 24.0. The summed E-state index contributed by atoms with van der Waals surface area (Å²) in [5, 5.41) is 4.39. The molecule has 62 heavy (non-hydrogen) atoms. The molecule has 0 N–H and O–H groups in total. The number of hydrogen-bond donors (Lipinski definition) is 0. The van der Waals surface area contributed by atoms with Crippen LogP contribution in [-0.2, 0) is 38.1 Å². The Hall–Kier alpha value is -1.96. The van der Waals surface area contributed by atoms with Crippen LogP contribution in [0.25, 0.3) is 0 Å². The summed E-state index contributed by atoms with van der Waals surface area (Å²) < 4.78 is 39.7. The molecule has 2 aromatic carbocycles. The number of ether oxygens (including phenoxy) is 6. The Morgan fingerprint density at radius 3 is 1.08 bits per heavy atom. The fourth-order valence-electron chi connectivity index (χ4n) is 11.0. The monoisotopic (exact) mass is 865 g/mol. The number of piperidine rings is 2. The second kappa shape index (κ2) is 19.9. The lowest BCUT2D eigenvalue weighted by Crippen LogP contribution is -2.68. The van der Waals surface area contributed by atoms with Crippen molar-refractivity contribution in [3.63, 3.8) is 0 Å². The van der Waals surface area contributed by atoms with Crippen molar-refractivity contribution in [1.82, 2.24) is 10.1 Å². The lowest BCUT2D eigenvalue weighted by molar-refractivity contribution is -0.391. The molecule has 2 spiro atoms. The molecule has 4 fully saturated rings. The van der Waals surface area contributed by atoms with Gasteiger partial charge in [-0.2, -0.15) is 10.1 Å². The second-order valence-electron chi connectivity index (χ2n) is 22.1. The van der Waals surface area contributed by atoms with E-state index in [1.54, 1.807) is 0 Å². The molecule has 6 rings (SSSR count). The third-order valence-corrected chi connectivity index (χ3v) is 14.3. The van der Waals surface area contributed by atoms with Crippen LogP contribution in [0.1, 0.15) is 171 Å². The van der Waals surface area contributed by atoms with Crippen molar-refractivity contribution in [2.24, 2.45) is 10.8 Å². The van der Waals surface area contributed by atoms with Crippen LogP contribution in [0.3, 0.4) is 0 Å². The third kappa shape index (κ3) is 11.7. The zero-order chi connectivity index (χ0) is 44.9. The predicted octanol–water partition coefficient (Wildman–Crippen LogP) is 11.6. The van der Waals surface area contributed by atoms with Crippen molar-refractivity contribution in [2.45, 2.75) is 193 Å². The predicted molar refractivity (Wildman–Crippen MR) is 245 cm³/mol. The molecule has 4 aliphatic heterocycles. The van der Waals surface area contributed by atoms with Gasteiger partial charge in [-0.15, -0.1) is 0 Å². The van der Waals surface area contributed by atoms with Crippen LogP contribution < -0.4 is 0 Å². The maximum Gasteiger partial charge on any atom is 0.171 e. The normalized spacial score (nSPS) is 25.7. The van der Waals surface area contributed by atoms with Crippen LogP contribution >= 0.6 is 0 Å². The number of nitrogens with zero attached hydrogens (tertiary/aromatic N) is 2. The van der Waals surface area contributed by atoms with E-state index in [0.29, 0.717) is 39.6 Å². The van der Waals surface area contributed by atoms with E-state index in [9.17, 15) is 0 Å². The maximum absolute atomic E-state index is 6.77. The molecule has 2 unspecified atom stereocenters. The van der Waals surface area contributed by atoms with E-state index >= 15 is 0 Å². The molecule has 0 radical (unpaired) electrons. The number of benzene rings is 2. The smallest absolute Gasteiger partial charge is 0.171 e. The van der Waals surface area contributed by atoms with E-state index in [1.807, 2.05) is 12.1 Å². The van der Waals surface area contributed by atoms with Gasteiger partial charge in [0.1, 0.15) is 12.2 Å². The lowest BCUT2D eigenvalue weighted by atomic mass is 9.76. The molecular weight excluding hydrogens is 781 g/mol. The first kappa shape index (κ1) is 49.5. The highest BCUT2D eigenvalue weighted by molar-refractivity contribution is 5.18. The van der Waals surface area contributed by atoms with E-state index < -0.39 is 11.6 Å². The van der Waals surface area contributed by atoms with Gasteiger partial charge in [0, 0.05) is 71.9 Å². The minimum atomic E-state index is -0.635. The molecular formula is C52H84N2O8. The molecule has 0 amide bonds. The topological polar surface area (TPSA) is 80.3 Å². The minimum absolute atomic E-state index is 0.0533. The van der Waals surface area contributed by atoms with Crippen molar-refractivity contribution in [3.8, 4) is 0 Å². The van der Waals surface area contributed by atoms with E-state index in [2.05, 4.69) is 142 Å². The van der Waals surface area contributed by atoms with Gasteiger partial charge in [0.15, 0.2) is 11.6 Å². The quantitative estimate of drug-likeness (QED) is 0.127. The van der Waals surface area contributed by atoms with Crippen LogP contribution in [-0.4, -0.2) is 96.7 Å². The van der Waals surface area contributed by atoms with Gasteiger partial charge in [-0.1, -0.05) is 87.4 Å². The lowest BCUT2D eigenvalue weighted by Gasteiger charge is -2.60. The molecule has 10 heteroatoms. The summed E-state index contributed by atoms with van der Waals surface area (Å²) in [5.41, 5.74) is 0.920. The molecule has 0 saturated carbocycles. The first-order valence-corrected chi connectivity index (χ1v) is 24.0. The van der Waals surface area contributed by atoms with Crippen LogP contribution in [0.5, 0.6) is 0 Å². The number of rotatable bonds is 19. The van der Waals surface area contributed by atoms with E-state index in [-0.39, 0.29) is 45.2 Å². The summed E-state index contributed by atoms with van der Waals surface area (Å²) >= 11 is 0. The molecule has 0 aliphatic carbocycles. The van der Waals surface area contributed by atoms with Gasteiger partial charge < -0.3 is 28.4 Å². The molecule has 0 aromatic heterocycles. The van der Waals surface area contributed by atoms with Gasteiger partial charge in [0.25, 0.3) is 0 Å². The highest BCUT2D eigenvalue weighted by Gasteiger charge is 2.59. The summed E-state index contributed by atoms with van der Waals surface area (Å²) in [4.78, 5) is 13.4. The summed E-state index contributed by atoms with van der Waals surface area (Å²) in [7, 11) is 0. The Labute approximate surface area is 375 Å². The van der Waals surface area contributed by atoms with Crippen LogP contribution in [0, 0.1) is 10.8 Å². The van der Waals surface area contributed by atoms with Gasteiger partial charge in [-0.05, 0) is 106 Å². The first-order chi connectivity index (χ1) is 29.2. The summed E-state index contributed by atoms with van der Waals surface area (Å²) in [6.07, 6.45) is 9.04. The molecule has 4 saturated heterocycles. The number of hydrogen-bond acceptors (Lipinski definition) is 10. The fraction of sp³-hybridized carbons (Fsp3) is 0.769.